The van der Waals surface area contributed by atoms with Crippen molar-refractivity contribution >= 4 is 17.3 Å². The smallest absolute Gasteiger partial charge is 0.257 e. The Morgan fingerprint density at radius 3 is 2.63 bits per heavy atom. The van der Waals surface area contributed by atoms with Crippen LogP contribution in [0, 0.1) is 5.82 Å². The van der Waals surface area contributed by atoms with Crippen LogP contribution in [0.25, 0.3) is 0 Å². The van der Waals surface area contributed by atoms with E-state index in [4.69, 9.17) is 4.74 Å². The van der Waals surface area contributed by atoms with Crippen LogP contribution in [0.5, 0.6) is 5.75 Å². The lowest BCUT2D eigenvalue weighted by atomic mass is 10.1. The lowest BCUT2D eigenvalue weighted by Crippen LogP contribution is -2.13. The van der Waals surface area contributed by atoms with Crippen molar-refractivity contribution in [3.63, 3.8) is 0 Å². The highest BCUT2D eigenvalue weighted by Gasteiger charge is 2.08. The number of para-hydroxylation sites is 1. The Balaban J connectivity index is 1.59. The van der Waals surface area contributed by atoms with Gasteiger partial charge in [-0.25, -0.2) is 4.39 Å². The second-order valence-electron chi connectivity index (χ2n) is 5.91. The molecule has 3 aromatic rings. The van der Waals surface area contributed by atoms with E-state index in [1.54, 1.807) is 19.4 Å². The second-order valence-corrected chi connectivity index (χ2v) is 5.91. The van der Waals surface area contributed by atoms with Crippen molar-refractivity contribution < 1.29 is 13.9 Å². The summed E-state index contributed by atoms with van der Waals surface area (Å²) in [4.78, 5) is 16.5. The Morgan fingerprint density at radius 2 is 1.85 bits per heavy atom. The molecule has 2 N–H and O–H groups in total. The summed E-state index contributed by atoms with van der Waals surface area (Å²) in [5.41, 5.74) is 2.79. The minimum atomic E-state index is -0.351. The van der Waals surface area contributed by atoms with Crippen molar-refractivity contribution in [1.82, 2.24) is 4.98 Å². The third-order valence-corrected chi connectivity index (χ3v) is 4.02. The van der Waals surface area contributed by atoms with Gasteiger partial charge in [0, 0.05) is 24.6 Å². The largest absolute Gasteiger partial charge is 0.496 e. The molecule has 6 heteroatoms. The zero-order valence-corrected chi connectivity index (χ0v) is 14.9. The number of nitrogens with one attached hydrogen (secondary N) is 2. The van der Waals surface area contributed by atoms with Gasteiger partial charge < -0.3 is 15.4 Å². The van der Waals surface area contributed by atoms with E-state index in [2.05, 4.69) is 15.6 Å². The summed E-state index contributed by atoms with van der Waals surface area (Å²) in [6, 6.07) is 15.2. The average molecular weight is 365 g/mol. The third kappa shape index (κ3) is 5.04. The van der Waals surface area contributed by atoms with Gasteiger partial charge in [-0.15, -0.1) is 0 Å². The summed E-state index contributed by atoms with van der Waals surface area (Å²) in [5.74, 6) is 0.197. The van der Waals surface area contributed by atoms with E-state index in [0.717, 1.165) is 23.4 Å². The molecule has 0 aliphatic carbocycles. The lowest BCUT2D eigenvalue weighted by molar-refractivity contribution is 0.102. The fraction of sp³-hybridized carbons (Fsp3) is 0.143. The number of hydrogen-bond acceptors (Lipinski definition) is 4. The molecule has 138 valence electrons. The van der Waals surface area contributed by atoms with Crippen LogP contribution in [0.2, 0.25) is 0 Å². The van der Waals surface area contributed by atoms with Crippen LogP contribution in [-0.4, -0.2) is 24.5 Å². The SMILES string of the molecule is COc1ccccc1CCNc1cncc(C(=O)Nc2ccc(F)cc2)c1. The molecule has 1 aromatic heterocycles. The Labute approximate surface area is 157 Å². The van der Waals surface area contributed by atoms with Crippen LogP contribution in [0.3, 0.4) is 0 Å². The number of benzene rings is 2. The molecule has 0 spiro atoms. The molecule has 0 aliphatic rings. The Bertz CT molecular complexity index is 913. The minimum absolute atomic E-state index is 0.303. The average Bonchev–Trinajstić information content (AvgIpc) is 2.70. The third-order valence-electron chi connectivity index (χ3n) is 4.02. The summed E-state index contributed by atoms with van der Waals surface area (Å²) in [7, 11) is 1.65. The van der Waals surface area contributed by atoms with Crippen molar-refractivity contribution in [3.05, 3.63) is 83.9 Å². The van der Waals surface area contributed by atoms with Gasteiger partial charge in [0.2, 0.25) is 0 Å². The standard InChI is InChI=1S/C21H20FN3O2/c1-27-20-5-3-2-4-15(20)10-11-24-19-12-16(13-23-14-19)21(26)25-18-8-6-17(22)7-9-18/h2-9,12-14,24H,10-11H2,1H3,(H,25,26). The fourth-order valence-electron chi connectivity index (χ4n) is 2.65. The first-order valence-corrected chi connectivity index (χ1v) is 8.53. The zero-order chi connectivity index (χ0) is 19.1. The first-order valence-electron chi connectivity index (χ1n) is 8.53. The molecule has 27 heavy (non-hydrogen) atoms. The molecule has 0 saturated heterocycles. The number of hydrogen-bond donors (Lipinski definition) is 2. The van der Waals surface area contributed by atoms with Crippen molar-refractivity contribution in [1.29, 1.82) is 0 Å². The maximum atomic E-state index is 12.9. The number of carbonyl (C=O) groups excluding carboxylic acids is 1. The molecule has 5 nitrogen and oxygen atoms in total. The van der Waals surface area contributed by atoms with E-state index in [-0.39, 0.29) is 11.7 Å². The van der Waals surface area contributed by atoms with Crippen LogP contribution < -0.4 is 15.4 Å². The van der Waals surface area contributed by atoms with E-state index in [0.29, 0.717) is 17.8 Å². The Hall–Kier alpha value is -3.41. The second kappa shape index (κ2) is 8.80. The molecule has 0 bridgehead atoms. The first kappa shape index (κ1) is 18.4. The highest BCUT2D eigenvalue weighted by atomic mass is 19.1. The van der Waals surface area contributed by atoms with Gasteiger partial charge in [0.25, 0.3) is 5.91 Å². The monoisotopic (exact) mass is 365 g/mol. The number of methoxy groups -OCH3 is 1. The molecule has 0 fully saturated rings. The molecule has 0 atom stereocenters. The summed E-state index contributed by atoms with van der Waals surface area (Å²) >= 11 is 0. The van der Waals surface area contributed by atoms with Gasteiger partial charge >= 0.3 is 0 Å². The number of pyridine rings is 1. The summed E-state index contributed by atoms with van der Waals surface area (Å²) < 4.78 is 18.3. The molecule has 1 amide bonds. The van der Waals surface area contributed by atoms with Crippen LogP contribution in [0.1, 0.15) is 15.9 Å². The normalized spacial score (nSPS) is 10.3. The van der Waals surface area contributed by atoms with E-state index < -0.39 is 0 Å². The van der Waals surface area contributed by atoms with E-state index in [9.17, 15) is 9.18 Å². The molecular formula is C21H20FN3O2. The molecule has 0 unspecified atom stereocenters. The topological polar surface area (TPSA) is 63.2 Å². The highest BCUT2D eigenvalue weighted by molar-refractivity contribution is 6.04. The van der Waals surface area contributed by atoms with Crippen molar-refractivity contribution in [2.24, 2.45) is 0 Å². The van der Waals surface area contributed by atoms with Crippen LogP contribution in [0.4, 0.5) is 15.8 Å². The number of anilines is 2. The van der Waals surface area contributed by atoms with Crippen molar-refractivity contribution in [2.75, 3.05) is 24.3 Å². The van der Waals surface area contributed by atoms with Gasteiger partial charge in [-0.3, -0.25) is 9.78 Å². The van der Waals surface area contributed by atoms with Crippen LogP contribution in [0.15, 0.2) is 67.0 Å². The first-order chi connectivity index (χ1) is 13.2. The van der Waals surface area contributed by atoms with Crippen molar-refractivity contribution in [3.8, 4) is 5.75 Å². The number of aromatic nitrogens is 1. The quantitative estimate of drug-likeness (QED) is 0.661. The number of halogens is 1. The number of amides is 1. The molecule has 0 aliphatic heterocycles. The van der Waals surface area contributed by atoms with Crippen molar-refractivity contribution in [2.45, 2.75) is 6.42 Å². The lowest BCUT2D eigenvalue weighted by Gasteiger charge is -2.10. The summed E-state index contributed by atoms with van der Waals surface area (Å²) in [6.07, 6.45) is 3.93. The minimum Gasteiger partial charge on any atom is -0.496 e. The summed E-state index contributed by atoms with van der Waals surface area (Å²) in [5, 5.41) is 5.98. The summed E-state index contributed by atoms with van der Waals surface area (Å²) in [6.45, 7) is 0.672. The number of nitrogens with zero attached hydrogens (tertiary/aromatic N) is 1. The van der Waals surface area contributed by atoms with Gasteiger partial charge in [-0.1, -0.05) is 18.2 Å². The van der Waals surface area contributed by atoms with Gasteiger partial charge in [0.15, 0.2) is 0 Å². The van der Waals surface area contributed by atoms with Gasteiger partial charge in [-0.05, 0) is 48.4 Å². The van der Waals surface area contributed by atoms with Crippen LogP contribution >= 0.6 is 0 Å². The van der Waals surface area contributed by atoms with E-state index >= 15 is 0 Å². The predicted octanol–water partition coefficient (Wildman–Crippen LogP) is 4.14. The predicted molar refractivity (Wildman–Crippen MR) is 104 cm³/mol. The number of carbonyl (C=O) groups is 1. The van der Waals surface area contributed by atoms with Gasteiger partial charge in [0.05, 0.1) is 18.4 Å². The fourth-order valence-corrected chi connectivity index (χ4v) is 2.65. The van der Waals surface area contributed by atoms with E-state index in [1.807, 2.05) is 24.3 Å². The molecule has 2 aromatic carbocycles. The number of rotatable bonds is 7. The molecule has 3 rings (SSSR count). The highest BCUT2D eigenvalue weighted by Crippen LogP contribution is 2.18. The molecule has 1 heterocycles. The Morgan fingerprint density at radius 1 is 1.07 bits per heavy atom. The Kier molecular flexibility index (Phi) is 5.99. The van der Waals surface area contributed by atoms with E-state index in [1.165, 1.54) is 30.5 Å². The van der Waals surface area contributed by atoms with Crippen LogP contribution in [-0.2, 0) is 6.42 Å². The maximum Gasteiger partial charge on any atom is 0.257 e. The number of ether oxygens (including phenoxy) is 1. The maximum absolute atomic E-state index is 12.9. The molecule has 0 radical (unpaired) electrons. The molecule has 0 saturated carbocycles. The van der Waals surface area contributed by atoms with Gasteiger partial charge in [0.1, 0.15) is 11.6 Å². The zero-order valence-electron chi connectivity index (χ0n) is 14.9. The van der Waals surface area contributed by atoms with Gasteiger partial charge in [-0.2, -0.15) is 0 Å². The molecular weight excluding hydrogens is 345 g/mol.